The number of amides is 1. The highest BCUT2D eigenvalue weighted by molar-refractivity contribution is 9.10. The molecule has 4 rings (SSSR count). The fraction of sp³-hybridized carbons (Fsp3) is 0.100. The van der Waals surface area contributed by atoms with Gasteiger partial charge in [0.2, 0.25) is 5.88 Å². The minimum Gasteiger partial charge on any atom is -0.439 e. The van der Waals surface area contributed by atoms with E-state index in [-0.39, 0.29) is 11.9 Å². The van der Waals surface area contributed by atoms with E-state index in [1.807, 2.05) is 60.0 Å². The summed E-state index contributed by atoms with van der Waals surface area (Å²) in [7, 11) is 0. The molecule has 1 atom stereocenters. The summed E-state index contributed by atoms with van der Waals surface area (Å²) < 4.78 is 8.48. The molecule has 0 bridgehead atoms. The minimum atomic E-state index is -0.316. The summed E-state index contributed by atoms with van der Waals surface area (Å²) >= 11 is 3.38. The van der Waals surface area contributed by atoms with Gasteiger partial charge in [-0.3, -0.25) is 9.20 Å². The largest absolute Gasteiger partial charge is 0.439 e. The summed E-state index contributed by atoms with van der Waals surface area (Å²) in [6.45, 7) is 1.86. The van der Waals surface area contributed by atoms with Crippen LogP contribution >= 0.6 is 15.9 Å². The molecule has 8 heteroatoms. The molecule has 0 aliphatic rings. The van der Waals surface area contributed by atoms with E-state index < -0.39 is 0 Å². The Bertz CT molecular complexity index is 1110. The Kier molecular flexibility index (Phi) is 5.03. The van der Waals surface area contributed by atoms with Crippen LogP contribution in [0.1, 0.15) is 29.1 Å². The average Bonchev–Trinajstić information content (AvgIpc) is 3.14. The summed E-state index contributed by atoms with van der Waals surface area (Å²) in [5.41, 5.74) is 1.17. The van der Waals surface area contributed by atoms with E-state index in [9.17, 15) is 4.79 Å². The lowest BCUT2D eigenvalue weighted by atomic mass is 10.2. The number of carbonyl (C=O) groups excluding carboxylic acids is 1. The summed E-state index contributed by atoms with van der Waals surface area (Å²) in [4.78, 5) is 16.7. The van der Waals surface area contributed by atoms with Crippen LogP contribution in [0.2, 0.25) is 0 Å². The first kappa shape index (κ1) is 18.1. The molecular weight excluding hydrogens is 422 g/mol. The predicted octanol–water partition coefficient (Wildman–Crippen LogP) is 4.17. The summed E-state index contributed by atoms with van der Waals surface area (Å²) in [6, 6.07) is 16.1. The van der Waals surface area contributed by atoms with Crippen LogP contribution in [0, 0.1) is 0 Å². The van der Waals surface area contributed by atoms with E-state index in [0.29, 0.717) is 23.0 Å². The van der Waals surface area contributed by atoms with Crippen molar-refractivity contribution in [3.05, 3.63) is 82.9 Å². The van der Waals surface area contributed by atoms with Crippen molar-refractivity contribution in [2.75, 3.05) is 0 Å². The standard InChI is InChI=1S/C20H16BrN5O2/c1-13(19-25-24-17-4-2-3-11-26(17)19)23-20(27)14-5-10-18(22-12-14)28-16-8-6-15(21)7-9-16/h2-13H,1H3,(H,23,27). The number of pyridine rings is 2. The highest BCUT2D eigenvalue weighted by atomic mass is 79.9. The first-order valence-corrected chi connectivity index (χ1v) is 9.39. The molecule has 4 aromatic rings. The minimum absolute atomic E-state index is 0.247. The SMILES string of the molecule is CC(NC(=O)c1ccc(Oc2ccc(Br)cc2)nc1)c1nnc2ccccn12. The molecule has 1 aromatic carbocycles. The van der Waals surface area contributed by atoms with Crippen molar-refractivity contribution < 1.29 is 9.53 Å². The van der Waals surface area contributed by atoms with Crippen molar-refractivity contribution in [1.29, 1.82) is 0 Å². The maximum absolute atomic E-state index is 12.5. The van der Waals surface area contributed by atoms with E-state index in [4.69, 9.17) is 4.74 Å². The Hall–Kier alpha value is -3.26. The monoisotopic (exact) mass is 437 g/mol. The van der Waals surface area contributed by atoms with Crippen LogP contribution in [-0.4, -0.2) is 25.5 Å². The second-order valence-corrected chi connectivity index (χ2v) is 7.04. The second kappa shape index (κ2) is 7.77. The van der Waals surface area contributed by atoms with Crippen LogP contribution in [-0.2, 0) is 0 Å². The van der Waals surface area contributed by atoms with Crippen molar-refractivity contribution in [2.24, 2.45) is 0 Å². The van der Waals surface area contributed by atoms with Crippen molar-refractivity contribution in [1.82, 2.24) is 24.9 Å². The molecule has 0 radical (unpaired) electrons. The third kappa shape index (κ3) is 3.86. The van der Waals surface area contributed by atoms with Gasteiger partial charge in [-0.05, 0) is 49.4 Å². The maximum Gasteiger partial charge on any atom is 0.253 e. The number of hydrogen-bond acceptors (Lipinski definition) is 5. The number of carbonyl (C=O) groups is 1. The van der Waals surface area contributed by atoms with Crippen LogP contribution in [0.15, 0.2) is 71.5 Å². The van der Waals surface area contributed by atoms with Gasteiger partial charge in [-0.15, -0.1) is 10.2 Å². The highest BCUT2D eigenvalue weighted by Crippen LogP contribution is 2.22. The normalized spacial score (nSPS) is 11.9. The van der Waals surface area contributed by atoms with Gasteiger partial charge in [-0.2, -0.15) is 0 Å². The Morgan fingerprint density at radius 2 is 1.93 bits per heavy atom. The summed E-state index contributed by atoms with van der Waals surface area (Å²) in [5.74, 6) is 1.49. The topological polar surface area (TPSA) is 81.4 Å². The number of nitrogens with zero attached hydrogens (tertiary/aromatic N) is 4. The van der Waals surface area contributed by atoms with Crippen molar-refractivity contribution in [2.45, 2.75) is 13.0 Å². The van der Waals surface area contributed by atoms with E-state index in [1.165, 1.54) is 6.20 Å². The van der Waals surface area contributed by atoms with Gasteiger partial charge in [0.15, 0.2) is 11.5 Å². The molecule has 0 aliphatic heterocycles. The molecule has 1 N–H and O–H groups in total. The lowest BCUT2D eigenvalue weighted by Gasteiger charge is -2.12. The zero-order valence-corrected chi connectivity index (χ0v) is 16.5. The van der Waals surface area contributed by atoms with Crippen molar-refractivity contribution in [3.63, 3.8) is 0 Å². The maximum atomic E-state index is 12.5. The number of rotatable bonds is 5. The highest BCUT2D eigenvalue weighted by Gasteiger charge is 2.17. The van der Waals surface area contributed by atoms with E-state index in [0.717, 1.165) is 10.1 Å². The lowest BCUT2D eigenvalue weighted by Crippen LogP contribution is -2.28. The van der Waals surface area contributed by atoms with Gasteiger partial charge < -0.3 is 10.1 Å². The van der Waals surface area contributed by atoms with Crippen LogP contribution in [0.25, 0.3) is 5.65 Å². The smallest absolute Gasteiger partial charge is 0.253 e. The Labute approximate surface area is 169 Å². The molecule has 0 spiro atoms. The number of nitrogens with one attached hydrogen (secondary N) is 1. The van der Waals surface area contributed by atoms with Gasteiger partial charge in [-0.25, -0.2) is 4.98 Å². The van der Waals surface area contributed by atoms with Gasteiger partial charge in [0.1, 0.15) is 5.75 Å². The molecule has 0 saturated heterocycles. The molecule has 3 heterocycles. The molecule has 1 amide bonds. The Morgan fingerprint density at radius 1 is 1.11 bits per heavy atom. The molecule has 7 nitrogen and oxygen atoms in total. The number of halogens is 1. The Balaban J connectivity index is 1.43. The van der Waals surface area contributed by atoms with Crippen molar-refractivity contribution >= 4 is 27.5 Å². The van der Waals surface area contributed by atoms with E-state index in [1.54, 1.807) is 12.1 Å². The molecule has 0 aliphatic carbocycles. The fourth-order valence-corrected chi connectivity index (χ4v) is 2.96. The predicted molar refractivity (Wildman–Crippen MR) is 107 cm³/mol. The zero-order valence-electron chi connectivity index (χ0n) is 14.9. The molecule has 28 heavy (non-hydrogen) atoms. The summed E-state index contributed by atoms with van der Waals surface area (Å²) in [5, 5.41) is 11.2. The van der Waals surface area contributed by atoms with Crippen LogP contribution < -0.4 is 10.1 Å². The number of benzene rings is 1. The second-order valence-electron chi connectivity index (χ2n) is 6.12. The molecule has 140 valence electrons. The zero-order chi connectivity index (χ0) is 19.5. The number of aromatic nitrogens is 4. The molecule has 3 aromatic heterocycles. The van der Waals surface area contributed by atoms with Gasteiger partial charge >= 0.3 is 0 Å². The van der Waals surface area contributed by atoms with Gasteiger partial charge in [-0.1, -0.05) is 22.0 Å². The lowest BCUT2D eigenvalue weighted by molar-refractivity contribution is 0.0937. The first-order chi connectivity index (χ1) is 13.6. The number of fused-ring (bicyclic) bond motifs is 1. The van der Waals surface area contributed by atoms with E-state index >= 15 is 0 Å². The van der Waals surface area contributed by atoms with E-state index in [2.05, 4.69) is 36.4 Å². The summed E-state index contributed by atoms with van der Waals surface area (Å²) in [6.07, 6.45) is 3.35. The third-order valence-corrected chi connectivity index (χ3v) is 4.64. The van der Waals surface area contributed by atoms with Gasteiger partial charge in [0, 0.05) is 22.9 Å². The first-order valence-electron chi connectivity index (χ1n) is 8.60. The van der Waals surface area contributed by atoms with Crippen LogP contribution in [0.3, 0.4) is 0 Å². The molecule has 0 saturated carbocycles. The molecular formula is C20H16BrN5O2. The Morgan fingerprint density at radius 3 is 2.68 bits per heavy atom. The van der Waals surface area contributed by atoms with Crippen molar-refractivity contribution in [3.8, 4) is 11.6 Å². The van der Waals surface area contributed by atoms with Gasteiger partial charge in [0.05, 0.1) is 11.6 Å². The van der Waals surface area contributed by atoms with Crippen LogP contribution in [0.4, 0.5) is 0 Å². The molecule has 0 fully saturated rings. The van der Waals surface area contributed by atoms with Gasteiger partial charge in [0.25, 0.3) is 5.91 Å². The number of ether oxygens (including phenoxy) is 1. The average molecular weight is 438 g/mol. The number of hydrogen-bond donors (Lipinski definition) is 1. The molecule has 1 unspecified atom stereocenters. The quantitative estimate of drug-likeness (QED) is 0.506. The fourth-order valence-electron chi connectivity index (χ4n) is 2.70. The third-order valence-electron chi connectivity index (χ3n) is 4.11. The van der Waals surface area contributed by atoms with Crippen LogP contribution in [0.5, 0.6) is 11.6 Å².